The molecule has 106 valence electrons. The Bertz CT molecular complexity index is 448. The van der Waals surface area contributed by atoms with E-state index in [0.29, 0.717) is 5.92 Å². The third kappa shape index (κ3) is 4.10. The molecule has 6 heteroatoms. The molecule has 0 aliphatic heterocycles. The van der Waals surface area contributed by atoms with Crippen molar-refractivity contribution >= 4 is 17.1 Å². The highest BCUT2D eigenvalue weighted by Gasteiger charge is 2.14. The number of nitrogen functional groups attached to an aromatic ring is 1. The van der Waals surface area contributed by atoms with Crippen LogP contribution in [0.4, 0.5) is 17.1 Å². The van der Waals surface area contributed by atoms with E-state index in [1.165, 1.54) is 6.07 Å². The molecule has 0 aromatic heterocycles. The van der Waals surface area contributed by atoms with Crippen LogP contribution in [0.3, 0.4) is 0 Å². The highest BCUT2D eigenvalue weighted by molar-refractivity contribution is 5.66. The smallest absolute Gasteiger partial charge is 0.292 e. The first-order valence-electron chi connectivity index (χ1n) is 6.33. The summed E-state index contributed by atoms with van der Waals surface area (Å²) in [6, 6.07) is 4.91. The fourth-order valence-corrected chi connectivity index (χ4v) is 1.75. The molecule has 0 saturated carbocycles. The molecule has 0 heterocycles. The summed E-state index contributed by atoms with van der Waals surface area (Å²) < 4.78 is 0. The van der Waals surface area contributed by atoms with Crippen LogP contribution in [0.15, 0.2) is 18.2 Å². The SMILES string of the molecule is CC(C)C(N)CCN(C)c1ccc([N+](=O)[O-])c(N)c1. The summed E-state index contributed by atoms with van der Waals surface area (Å²) in [5.74, 6) is 0.440. The second-order valence-corrected chi connectivity index (χ2v) is 5.12. The van der Waals surface area contributed by atoms with Crippen LogP contribution in [-0.4, -0.2) is 24.6 Å². The van der Waals surface area contributed by atoms with Gasteiger partial charge in [0, 0.05) is 31.4 Å². The lowest BCUT2D eigenvalue weighted by atomic mass is 10.0. The molecule has 1 unspecified atom stereocenters. The van der Waals surface area contributed by atoms with Gasteiger partial charge in [0.05, 0.1) is 4.92 Å². The van der Waals surface area contributed by atoms with E-state index in [9.17, 15) is 10.1 Å². The number of rotatable bonds is 6. The zero-order chi connectivity index (χ0) is 14.6. The standard InChI is InChI=1S/C13H22N4O2/c1-9(2)11(14)6-7-16(3)10-4-5-13(17(18)19)12(15)8-10/h4-5,8-9,11H,6-7,14-15H2,1-3H3. The van der Waals surface area contributed by atoms with Gasteiger partial charge in [0.15, 0.2) is 0 Å². The minimum Gasteiger partial charge on any atom is -0.393 e. The number of nitrogens with zero attached hydrogens (tertiary/aromatic N) is 2. The summed E-state index contributed by atoms with van der Waals surface area (Å²) in [6.45, 7) is 4.97. The molecular weight excluding hydrogens is 244 g/mol. The molecule has 0 spiro atoms. The van der Waals surface area contributed by atoms with Gasteiger partial charge in [0.25, 0.3) is 5.69 Å². The number of hydrogen-bond acceptors (Lipinski definition) is 5. The Morgan fingerprint density at radius 2 is 2.05 bits per heavy atom. The minimum atomic E-state index is -0.478. The van der Waals surface area contributed by atoms with Crippen LogP contribution in [0, 0.1) is 16.0 Å². The van der Waals surface area contributed by atoms with Gasteiger partial charge in [-0.2, -0.15) is 0 Å². The topological polar surface area (TPSA) is 98.4 Å². The zero-order valence-corrected chi connectivity index (χ0v) is 11.7. The van der Waals surface area contributed by atoms with Gasteiger partial charge in [-0.25, -0.2) is 0 Å². The summed E-state index contributed by atoms with van der Waals surface area (Å²) in [5, 5.41) is 10.7. The molecule has 0 fully saturated rings. The van der Waals surface area contributed by atoms with Gasteiger partial charge in [-0.05, 0) is 24.5 Å². The van der Waals surface area contributed by atoms with Crippen LogP contribution in [0.1, 0.15) is 20.3 Å². The fourth-order valence-electron chi connectivity index (χ4n) is 1.75. The summed E-state index contributed by atoms with van der Waals surface area (Å²) in [6.07, 6.45) is 0.866. The summed E-state index contributed by atoms with van der Waals surface area (Å²) >= 11 is 0. The summed E-state index contributed by atoms with van der Waals surface area (Å²) in [4.78, 5) is 12.2. The van der Waals surface area contributed by atoms with Gasteiger partial charge in [0.2, 0.25) is 0 Å². The van der Waals surface area contributed by atoms with Gasteiger partial charge in [0.1, 0.15) is 5.69 Å². The Labute approximate surface area is 113 Å². The highest BCUT2D eigenvalue weighted by atomic mass is 16.6. The lowest BCUT2D eigenvalue weighted by Gasteiger charge is -2.23. The van der Waals surface area contributed by atoms with E-state index in [1.54, 1.807) is 12.1 Å². The van der Waals surface area contributed by atoms with Crippen molar-refractivity contribution in [1.29, 1.82) is 0 Å². The van der Waals surface area contributed by atoms with Crippen LogP contribution < -0.4 is 16.4 Å². The van der Waals surface area contributed by atoms with Gasteiger partial charge < -0.3 is 16.4 Å². The van der Waals surface area contributed by atoms with E-state index in [1.807, 2.05) is 11.9 Å². The molecule has 6 nitrogen and oxygen atoms in total. The number of benzene rings is 1. The van der Waals surface area contributed by atoms with Crippen molar-refractivity contribution in [1.82, 2.24) is 0 Å². The third-order valence-electron chi connectivity index (χ3n) is 3.30. The van der Waals surface area contributed by atoms with Crippen LogP contribution in [-0.2, 0) is 0 Å². The molecule has 0 saturated heterocycles. The second-order valence-electron chi connectivity index (χ2n) is 5.12. The maximum absolute atomic E-state index is 10.7. The lowest BCUT2D eigenvalue weighted by Crippen LogP contribution is -2.31. The maximum atomic E-state index is 10.7. The summed E-state index contributed by atoms with van der Waals surface area (Å²) in [7, 11) is 1.92. The normalized spacial score (nSPS) is 12.5. The van der Waals surface area contributed by atoms with Crippen molar-refractivity contribution in [3.8, 4) is 0 Å². The van der Waals surface area contributed by atoms with Gasteiger partial charge in [-0.3, -0.25) is 10.1 Å². The van der Waals surface area contributed by atoms with Crippen molar-refractivity contribution in [3.05, 3.63) is 28.3 Å². The number of anilines is 2. The fraction of sp³-hybridized carbons (Fsp3) is 0.538. The van der Waals surface area contributed by atoms with E-state index in [4.69, 9.17) is 11.5 Å². The van der Waals surface area contributed by atoms with E-state index in [2.05, 4.69) is 13.8 Å². The van der Waals surface area contributed by atoms with Crippen LogP contribution in [0.2, 0.25) is 0 Å². The second kappa shape index (κ2) is 6.38. The minimum absolute atomic E-state index is 0.0592. The predicted molar refractivity (Wildman–Crippen MR) is 78.2 cm³/mol. The third-order valence-corrected chi connectivity index (χ3v) is 3.30. The molecule has 4 N–H and O–H groups in total. The van der Waals surface area contributed by atoms with Crippen LogP contribution in [0.25, 0.3) is 0 Å². The van der Waals surface area contributed by atoms with E-state index in [0.717, 1.165) is 18.7 Å². The predicted octanol–water partition coefficient (Wildman–Crippen LogP) is 1.99. The highest BCUT2D eigenvalue weighted by Crippen LogP contribution is 2.26. The van der Waals surface area contributed by atoms with Crippen molar-refractivity contribution in [3.63, 3.8) is 0 Å². The quantitative estimate of drug-likeness (QED) is 0.466. The van der Waals surface area contributed by atoms with Gasteiger partial charge >= 0.3 is 0 Å². The average Bonchev–Trinajstić information content (AvgIpc) is 2.34. The summed E-state index contributed by atoms with van der Waals surface area (Å²) in [5.41, 5.74) is 12.7. The number of hydrogen-bond donors (Lipinski definition) is 2. The molecule has 0 aliphatic carbocycles. The first-order chi connectivity index (χ1) is 8.82. The van der Waals surface area contributed by atoms with Crippen molar-refractivity contribution in [2.24, 2.45) is 11.7 Å². The molecule has 1 aromatic rings. The Morgan fingerprint density at radius 1 is 1.42 bits per heavy atom. The average molecular weight is 266 g/mol. The number of nitrogens with two attached hydrogens (primary N) is 2. The van der Waals surface area contributed by atoms with Gasteiger partial charge in [-0.1, -0.05) is 13.8 Å². The zero-order valence-electron chi connectivity index (χ0n) is 11.7. The maximum Gasteiger partial charge on any atom is 0.292 e. The molecule has 1 aromatic carbocycles. The molecule has 0 bridgehead atoms. The van der Waals surface area contributed by atoms with Gasteiger partial charge in [-0.15, -0.1) is 0 Å². The number of nitro benzene ring substituents is 1. The Balaban J connectivity index is 2.70. The largest absolute Gasteiger partial charge is 0.393 e. The van der Waals surface area contributed by atoms with Crippen molar-refractivity contribution in [2.45, 2.75) is 26.3 Å². The lowest BCUT2D eigenvalue weighted by molar-refractivity contribution is -0.383. The van der Waals surface area contributed by atoms with Crippen molar-refractivity contribution in [2.75, 3.05) is 24.2 Å². The molecule has 0 aliphatic rings. The first-order valence-corrected chi connectivity index (χ1v) is 6.33. The monoisotopic (exact) mass is 266 g/mol. The van der Waals surface area contributed by atoms with Crippen LogP contribution in [0.5, 0.6) is 0 Å². The molecule has 1 atom stereocenters. The molecule has 19 heavy (non-hydrogen) atoms. The molecule has 0 radical (unpaired) electrons. The number of nitro groups is 1. The van der Waals surface area contributed by atoms with Crippen molar-refractivity contribution < 1.29 is 4.92 Å². The van der Waals surface area contributed by atoms with Crippen LogP contribution >= 0.6 is 0 Å². The molecule has 1 rings (SSSR count). The van der Waals surface area contributed by atoms with E-state index >= 15 is 0 Å². The van der Waals surface area contributed by atoms with E-state index < -0.39 is 4.92 Å². The molecular formula is C13H22N4O2. The first kappa shape index (κ1) is 15.2. The Morgan fingerprint density at radius 3 is 2.53 bits per heavy atom. The Kier molecular flexibility index (Phi) is 5.11. The molecule has 0 amide bonds. The van der Waals surface area contributed by atoms with E-state index in [-0.39, 0.29) is 17.4 Å². The Hall–Kier alpha value is -1.82.